The van der Waals surface area contributed by atoms with Crippen LogP contribution in [0.15, 0.2) is 88.5 Å². The average molecular weight is 471 g/mol. The van der Waals surface area contributed by atoms with Crippen LogP contribution in [0.25, 0.3) is 11.0 Å². The van der Waals surface area contributed by atoms with Crippen molar-refractivity contribution in [3.8, 4) is 11.8 Å². The standard InChI is InChI=1S/C26H15ClN2O5/c27-17-6-9-20-16(10-17)12-21(34-20)24(31)22-23(15-2-1-3-19(30)11-15)29(26(33)25(22)32)18-7-4-14(13-28)5-8-18/h1-12,23,30,32H. The number of aliphatic hydroxyl groups excluding tert-OH is 1. The number of aromatic hydroxyl groups is 1. The summed E-state index contributed by atoms with van der Waals surface area (Å²) in [5.41, 5.74) is 1.39. The summed E-state index contributed by atoms with van der Waals surface area (Å²) in [5.74, 6) is -2.33. The molecule has 4 aromatic rings. The molecular formula is C26H15ClN2O5. The van der Waals surface area contributed by atoms with Crippen molar-refractivity contribution in [1.82, 2.24) is 0 Å². The highest BCUT2D eigenvalue weighted by atomic mass is 35.5. The predicted molar refractivity (Wildman–Crippen MR) is 125 cm³/mol. The van der Waals surface area contributed by atoms with Crippen LogP contribution in [0.3, 0.4) is 0 Å². The summed E-state index contributed by atoms with van der Waals surface area (Å²) in [6.45, 7) is 0. The molecule has 0 spiro atoms. The van der Waals surface area contributed by atoms with Gasteiger partial charge in [-0.2, -0.15) is 5.26 Å². The molecule has 1 aliphatic heterocycles. The number of carbonyl (C=O) groups excluding carboxylic acids is 2. The van der Waals surface area contributed by atoms with Gasteiger partial charge in [0.05, 0.1) is 23.2 Å². The molecule has 0 saturated carbocycles. The lowest BCUT2D eigenvalue weighted by atomic mass is 9.94. The fourth-order valence-corrected chi connectivity index (χ4v) is 4.25. The van der Waals surface area contributed by atoms with Gasteiger partial charge in [0.15, 0.2) is 11.5 Å². The number of benzene rings is 3. The average Bonchev–Trinajstić information content (AvgIpc) is 3.37. The number of nitrogens with zero attached hydrogens (tertiary/aromatic N) is 2. The molecule has 1 aromatic heterocycles. The lowest BCUT2D eigenvalue weighted by molar-refractivity contribution is -0.117. The van der Waals surface area contributed by atoms with E-state index in [2.05, 4.69) is 0 Å². The van der Waals surface area contributed by atoms with Gasteiger partial charge >= 0.3 is 0 Å². The molecule has 7 nitrogen and oxygen atoms in total. The number of hydrogen-bond donors (Lipinski definition) is 2. The lowest BCUT2D eigenvalue weighted by Crippen LogP contribution is -2.31. The lowest BCUT2D eigenvalue weighted by Gasteiger charge is -2.26. The normalized spacial score (nSPS) is 15.7. The summed E-state index contributed by atoms with van der Waals surface area (Å²) in [7, 11) is 0. The molecule has 1 amide bonds. The van der Waals surface area contributed by atoms with E-state index in [1.54, 1.807) is 42.5 Å². The van der Waals surface area contributed by atoms with Crippen LogP contribution < -0.4 is 4.90 Å². The van der Waals surface area contributed by atoms with Crippen molar-refractivity contribution in [2.45, 2.75) is 6.04 Å². The highest BCUT2D eigenvalue weighted by Gasteiger charge is 2.45. The predicted octanol–water partition coefficient (Wildman–Crippen LogP) is 5.45. The second-order valence-corrected chi connectivity index (χ2v) is 8.15. The summed E-state index contributed by atoms with van der Waals surface area (Å²) < 4.78 is 5.69. The number of fused-ring (bicyclic) bond motifs is 1. The van der Waals surface area contributed by atoms with Crippen molar-refractivity contribution in [1.29, 1.82) is 5.26 Å². The number of phenolic OH excluding ortho intramolecular Hbond substituents is 1. The Hall–Kier alpha value is -4.54. The first-order chi connectivity index (χ1) is 16.4. The highest BCUT2D eigenvalue weighted by Crippen LogP contribution is 2.43. The van der Waals surface area contributed by atoms with Gasteiger partial charge in [0, 0.05) is 16.1 Å². The van der Waals surface area contributed by atoms with Crippen LogP contribution in [0.4, 0.5) is 5.69 Å². The van der Waals surface area contributed by atoms with E-state index in [1.807, 2.05) is 6.07 Å². The van der Waals surface area contributed by atoms with Gasteiger partial charge in [-0.15, -0.1) is 0 Å². The molecule has 0 bridgehead atoms. The molecule has 0 fully saturated rings. The minimum atomic E-state index is -1.04. The highest BCUT2D eigenvalue weighted by molar-refractivity contribution is 6.31. The van der Waals surface area contributed by atoms with Gasteiger partial charge in [-0.3, -0.25) is 14.5 Å². The van der Waals surface area contributed by atoms with Crippen LogP contribution in [0.1, 0.15) is 27.7 Å². The van der Waals surface area contributed by atoms with Gasteiger partial charge in [-0.1, -0.05) is 23.7 Å². The van der Waals surface area contributed by atoms with Gasteiger partial charge in [0.1, 0.15) is 11.3 Å². The molecule has 0 saturated heterocycles. The number of carbonyl (C=O) groups is 2. The summed E-state index contributed by atoms with van der Waals surface area (Å²) >= 11 is 6.03. The molecule has 2 heterocycles. The van der Waals surface area contributed by atoms with Gasteiger partial charge < -0.3 is 14.6 Å². The topological polar surface area (TPSA) is 115 Å². The van der Waals surface area contributed by atoms with Crippen molar-refractivity contribution >= 4 is 39.9 Å². The molecule has 34 heavy (non-hydrogen) atoms. The molecule has 166 valence electrons. The SMILES string of the molecule is N#Cc1ccc(N2C(=O)C(O)=C(C(=O)c3cc4cc(Cl)ccc4o3)C2c2cccc(O)c2)cc1. The van der Waals surface area contributed by atoms with E-state index in [0.29, 0.717) is 32.8 Å². The Morgan fingerprint density at radius 2 is 1.79 bits per heavy atom. The summed E-state index contributed by atoms with van der Waals surface area (Å²) in [6, 6.07) is 19.6. The number of phenols is 1. The van der Waals surface area contributed by atoms with Crippen molar-refractivity contribution < 1.29 is 24.2 Å². The maximum Gasteiger partial charge on any atom is 0.294 e. The maximum absolute atomic E-state index is 13.6. The van der Waals surface area contributed by atoms with E-state index >= 15 is 0 Å². The number of nitriles is 1. The first-order valence-corrected chi connectivity index (χ1v) is 10.5. The summed E-state index contributed by atoms with van der Waals surface area (Å²) in [6.07, 6.45) is 0. The van der Waals surface area contributed by atoms with E-state index in [-0.39, 0.29) is 17.1 Å². The van der Waals surface area contributed by atoms with Crippen LogP contribution in [-0.4, -0.2) is 21.9 Å². The third-order valence-corrected chi connectivity index (χ3v) is 5.85. The van der Waals surface area contributed by atoms with Crippen molar-refractivity contribution in [2.24, 2.45) is 0 Å². The van der Waals surface area contributed by atoms with Crippen LogP contribution in [-0.2, 0) is 4.79 Å². The number of furan rings is 1. The Morgan fingerprint density at radius 1 is 1.03 bits per heavy atom. The summed E-state index contributed by atoms with van der Waals surface area (Å²) in [5, 5.41) is 31.1. The minimum absolute atomic E-state index is 0.0682. The number of hydrogen-bond acceptors (Lipinski definition) is 6. The molecule has 5 rings (SSSR count). The van der Waals surface area contributed by atoms with Gasteiger partial charge in [-0.25, -0.2) is 0 Å². The molecule has 2 N–H and O–H groups in total. The molecule has 0 aliphatic carbocycles. The fraction of sp³-hybridized carbons (Fsp3) is 0.0385. The number of aliphatic hydroxyl groups is 1. The maximum atomic E-state index is 13.6. The van der Waals surface area contributed by atoms with Crippen LogP contribution >= 0.6 is 11.6 Å². The van der Waals surface area contributed by atoms with Crippen LogP contribution in [0.2, 0.25) is 5.02 Å². The Morgan fingerprint density at radius 3 is 2.50 bits per heavy atom. The third kappa shape index (κ3) is 3.47. The van der Waals surface area contributed by atoms with Crippen molar-refractivity contribution in [2.75, 3.05) is 4.90 Å². The second kappa shape index (κ2) is 8.10. The number of halogens is 1. The number of rotatable bonds is 4. The zero-order valence-electron chi connectivity index (χ0n) is 17.4. The van der Waals surface area contributed by atoms with E-state index in [9.17, 15) is 19.8 Å². The smallest absolute Gasteiger partial charge is 0.294 e. The molecule has 1 aliphatic rings. The van der Waals surface area contributed by atoms with Gasteiger partial charge in [-0.05, 0) is 66.2 Å². The number of anilines is 1. The van der Waals surface area contributed by atoms with E-state index in [1.165, 1.54) is 35.2 Å². The zero-order chi connectivity index (χ0) is 24.0. The van der Waals surface area contributed by atoms with Crippen molar-refractivity contribution in [3.05, 3.63) is 106 Å². The molecule has 3 aromatic carbocycles. The molecule has 1 atom stereocenters. The first-order valence-electron chi connectivity index (χ1n) is 10.2. The van der Waals surface area contributed by atoms with Gasteiger partial charge in [0.25, 0.3) is 5.91 Å². The third-order valence-electron chi connectivity index (χ3n) is 5.62. The monoisotopic (exact) mass is 470 g/mol. The summed E-state index contributed by atoms with van der Waals surface area (Å²) in [4.78, 5) is 28.0. The van der Waals surface area contributed by atoms with E-state index in [0.717, 1.165) is 0 Å². The van der Waals surface area contributed by atoms with Crippen LogP contribution in [0, 0.1) is 11.3 Å². The fourth-order valence-electron chi connectivity index (χ4n) is 4.07. The minimum Gasteiger partial charge on any atom is -0.508 e. The number of amides is 1. The molecule has 8 heteroatoms. The molecule has 0 radical (unpaired) electrons. The first kappa shape index (κ1) is 21.3. The Labute approximate surface area is 198 Å². The Kier molecular flexibility index (Phi) is 5.08. The van der Waals surface area contributed by atoms with E-state index < -0.39 is 23.5 Å². The number of Topliss-reactive ketones (excluding diaryl/α,β-unsaturated/α-hetero) is 1. The molecular weight excluding hydrogens is 456 g/mol. The van der Waals surface area contributed by atoms with Gasteiger partial charge in [0.2, 0.25) is 5.78 Å². The van der Waals surface area contributed by atoms with Crippen LogP contribution in [0.5, 0.6) is 5.75 Å². The Balaban J connectivity index is 1.66. The van der Waals surface area contributed by atoms with Crippen molar-refractivity contribution in [3.63, 3.8) is 0 Å². The Bertz CT molecular complexity index is 1550. The number of ketones is 1. The van der Waals surface area contributed by atoms with E-state index in [4.69, 9.17) is 21.3 Å². The molecule has 1 unspecified atom stereocenters. The largest absolute Gasteiger partial charge is 0.508 e. The zero-order valence-corrected chi connectivity index (χ0v) is 18.2. The second-order valence-electron chi connectivity index (χ2n) is 7.72. The quantitative estimate of drug-likeness (QED) is 0.383.